The second kappa shape index (κ2) is 10.5. The molecule has 0 saturated heterocycles. The Bertz CT molecular complexity index is 534. The summed E-state index contributed by atoms with van der Waals surface area (Å²) in [5, 5.41) is 0.843. The number of hydrogen-bond acceptors (Lipinski definition) is 0. The van der Waals surface area contributed by atoms with Crippen LogP contribution in [0, 0.1) is 17.8 Å². The van der Waals surface area contributed by atoms with Gasteiger partial charge in [0.2, 0.25) is 0 Å². The molecule has 2 aliphatic rings. The van der Waals surface area contributed by atoms with Gasteiger partial charge in [-0.2, -0.15) is 0 Å². The van der Waals surface area contributed by atoms with Gasteiger partial charge in [-0.25, -0.2) is 0 Å². The molecule has 3 rings (SSSR count). The van der Waals surface area contributed by atoms with Crippen molar-refractivity contribution in [3.8, 4) is 0 Å². The highest BCUT2D eigenvalue weighted by atomic mass is 35.5. The first-order chi connectivity index (χ1) is 12.7. The first-order valence-corrected chi connectivity index (χ1v) is 11.1. The SMILES string of the molecule is FCC/C=C/[C@H]1CC[C@H](CC[C@H]2CC[C@H](c3ccc(Cl)cc3)CC2)CC1. The topological polar surface area (TPSA) is 0 Å². The van der Waals surface area contributed by atoms with Crippen molar-refractivity contribution in [1.82, 2.24) is 0 Å². The molecule has 144 valence electrons. The van der Waals surface area contributed by atoms with E-state index >= 15 is 0 Å². The molecule has 0 bridgehead atoms. The molecule has 2 aliphatic carbocycles. The van der Waals surface area contributed by atoms with Gasteiger partial charge in [-0.05, 0) is 99.2 Å². The normalized spacial score (nSPS) is 29.9. The van der Waals surface area contributed by atoms with E-state index in [1.54, 1.807) is 0 Å². The monoisotopic (exact) mass is 376 g/mol. The molecule has 0 aromatic heterocycles. The lowest BCUT2D eigenvalue weighted by molar-refractivity contribution is 0.246. The maximum absolute atomic E-state index is 12.2. The van der Waals surface area contributed by atoms with E-state index in [0.29, 0.717) is 12.3 Å². The number of halogens is 2. The molecular weight excluding hydrogens is 343 g/mol. The summed E-state index contributed by atoms with van der Waals surface area (Å²) in [6.07, 6.45) is 18.6. The predicted octanol–water partition coefficient (Wildman–Crippen LogP) is 8.12. The van der Waals surface area contributed by atoms with Gasteiger partial charge in [0, 0.05) is 5.02 Å². The van der Waals surface area contributed by atoms with E-state index in [-0.39, 0.29) is 6.67 Å². The highest BCUT2D eigenvalue weighted by Crippen LogP contribution is 2.40. The minimum atomic E-state index is -0.216. The number of benzene rings is 1. The van der Waals surface area contributed by atoms with Gasteiger partial charge in [0.05, 0.1) is 6.67 Å². The van der Waals surface area contributed by atoms with Crippen LogP contribution in [0.4, 0.5) is 4.39 Å². The van der Waals surface area contributed by atoms with Crippen LogP contribution in [0.2, 0.25) is 5.02 Å². The molecule has 26 heavy (non-hydrogen) atoms. The Morgan fingerprint density at radius 2 is 1.42 bits per heavy atom. The molecule has 0 nitrogen and oxygen atoms in total. The molecule has 0 aliphatic heterocycles. The maximum Gasteiger partial charge on any atom is 0.0928 e. The third kappa shape index (κ3) is 6.12. The van der Waals surface area contributed by atoms with E-state index in [2.05, 4.69) is 18.2 Å². The lowest BCUT2D eigenvalue weighted by Gasteiger charge is -2.31. The quantitative estimate of drug-likeness (QED) is 0.421. The summed E-state index contributed by atoms with van der Waals surface area (Å²) in [5.41, 5.74) is 1.48. The predicted molar refractivity (Wildman–Crippen MR) is 111 cm³/mol. The average Bonchev–Trinajstić information content (AvgIpc) is 2.69. The molecule has 1 aromatic rings. The fraction of sp³-hybridized carbons (Fsp3) is 0.667. The van der Waals surface area contributed by atoms with Crippen molar-refractivity contribution >= 4 is 11.6 Å². The van der Waals surface area contributed by atoms with Gasteiger partial charge in [0.25, 0.3) is 0 Å². The lowest BCUT2D eigenvalue weighted by Crippen LogP contribution is -2.17. The summed E-state index contributed by atoms with van der Waals surface area (Å²) >= 11 is 6.01. The Morgan fingerprint density at radius 3 is 2.00 bits per heavy atom. The van der Waals surface area contributed by atoms with E-state index < -0.39 is 0 Å². The Morgan fingerprint density at radius 1 is 0.846 bits per heavy atom. The third-order valence-electron chi connectivity index (χ3n) is 6.75. The van der Waals surface area contributed by atoms with E-state index in [0.717, 1.165) is 22.8 Å². The summed E-state index contributed by atoms with van der Waals surface area (Å²) in [7, 11) is 0. The minimum absolute atomic E-state index is 0.216. The molecule has 0 unspecified atom stereocenters. The second-order valence-electron chi connectivity index (χ2n) is 8.53. The smallest absolute Gasteiger partial charge is 0.0928 e. The van der Waals surface area contributed by atoms with Gasteiger partial charge in [-0.3, -0.25) is 4.39 Å². The van der Waals surface area contributed by atoms with Crippen molar-refractivity contribution in [2.75, 3.05) is 6.67 Å². The molecule has 0 atom stereocenters. The van der Waals surface area contributed by atoms with Crippen LogP contribution in [0.3, 0.4) is 0 Å². The summed E-state index contributed by atoms with van der Waals surface area (Å²) in [4.78, 5) is 0. The highest BCUT2D eigenvalue weighted by Gasteiger charge is 2.24. The summed E-state index contributed by atoms with van der Waals surface area (Å²) in [5.74, 6) is 3.35. The molecule has 1 aromatic carbocycles. The van der Waals surface area contributed by atoms with Crippen LogP contribution in [0.5, 0.6) is 0 Å². The molecular formula is C24H34ClF. The van der Waals surface area contributed by atoms with Crippen molar-refractivity contribution in [2.24, 2.45) is 17.8 Å². The Balaban J connectivity index is 1.32. The molecule has 2 heteroatoms. The molecule has 0 radical (unpaired) electrons. The van der Waals surface area contributed by atoms with Crippen LogP contribution < -0.4 is 0 Å². The minimum Gasteiger partial charge on any atom is -0.251 e. The summed E-state index contributed by atoms with van der Waals surface area (Å²) in [6, 6.07) is 8.50. The van der Waals surface area contributed by atoms with Crippen LogP contribution in [0.1, 0.15) is 82.1 Å². The van der Waals surface area contributed by atoms with E-state index in [9.17, 15) is 4.39 Å². The number of alkyl halides is 1. The van der Waals surface area contributed by atoms with Gasteiger partial charge in [-0.15, -0.1) is 0 Å². The van der Waals surface area contributed by atoms with Crippen molar-refractivity contribution in [2.45, 2.75) is 76.5 Å². The van der Waals surface area contributed by atoms with E-state index in [1.165, 1.54) is 69.8 Å². The molecule has 2 saturated carbocycles. The number of allylic oxidation sites excluding steroid dienone is 2. The Kier molecular flexibility index (Phi) is 8.05. The molecule has 2 fully saturated rings. The van der Waals surface area contributed by atoms with Gasteiger partial charge >= 0.3 is 0 Å². The molecule has 0 spiro atoms. The van der Waals surface area contributed by atoms with Gasteiger partial charge in [0.1, 0.15) is 0 Å². The van der Waals surface area contributed by atoms with Crippen LogP contribution in [-0.2, 0) is 0 Å². The average molecular weight is 377 g/mol. The fourth-order valence-corrected chi connectivity index (χ4v) is 5.14. The van der Waals surface area contributed by atoms with Gasteiger partial charge in [0.15, 0.2) is 0 Å². The van der Waals surface area contributed by atoms with Crippen molar-refractivity contribution < 1.29 is 4.39 Å². The first kappa shape index (κ1) is 19.9. The largest absolute Gasteiger partial charge is 0.251 e. The van der Waals surface area contributed by atoms with E-state index in [1.807, 2.05) is 18.2 Å². The van der Waals surface area contributed by atoms with Crippen LogP contribution in [0.25, 0.3) is 0 Å². The zero-order valence-electron chi connectivity index (χ0n) is 16.0. The zero-order chi connectivity index (χ0) is 18.2. The van der Waals surface area contributed by atoms with Crippen LogP contribution in [0.15, 0.2) is 36.4 Å². The Hall–Kier alpha value is -0.820. The maximum atomic E-state index is 12.2. The fourth-order valence-electron chi connectivity index (χ4n) is 5.01. The standard InChI is InChI=1S/C24H34ClF/c25-24-16-14-23(15-17-24)22-12-10-21(11-13-22)9-8-20-6-4-19(5-7-20)3-1-2-18-26/h1,3,14-17,19-22H,2,4-13,18H2/b3-1+/t19-,20-,21-,22-. The summed E-state index contributed by atoms with van der Waals surface area (Å²) in [6.45, 7) is -0.216. The van der Waals surface area contributed by atoms with Crippen molar-refractivity contribution in [3.05, 3.63) is 47.0 Å². The van der Waals surface area contributed by atoms with Crippen LogP contribution in [-0.4, -0.2) is 6.67 Å². The van der Waals surface area contributed by atoms with E-state index in [4.69, 9.17) is 11.6 Å². The Labute approximate surface area is 164 Å². The van der Waals surface area contributed by atoms with Crippen LogP contribution >= 0.6 is 11.6 Å². The number of rotatable bonds is 7. The summed E-state index contributed by atoms with van der Waals surface area (Å²) < 4.78 is 12.2. The third-order valence-corrected chi connectivity index (χ3v) is 7.00. The second-order valence-corrected chi connectivity index (χ2v) is 8.97. The number of hydrogen-bond donors (Lipinski definition) is 0. The first-order valence-electron chi connectivity index (χ1n) is 10.7. The lowest BCUT2D eigenvalue weighted by atomic mass is 9.74. The van der Waals surface area contributed by atoms with Gasteiger partial charge in [-0.1, -0.05) is 48.7 Å². The van der Waals surface area contributed by atoms with Crippen molar-refractivity contribution in [1.29, 1.82) is 0 Å². The molecule has 0 amide bonds. The zero-order valence-corrected chi connectivity index (χ0v) is 16.8. The molecule has 0 heterocycles. The van der Waals surface area contributed by atoms with Gasteiger partial charge < -0.3 is 0 Å². The highest BCUT2D eigenvalue weighted by molar-refractivity contribution is 6.30. The van der Waals surface area contributed by atoms with Crippen molar-refractivity contribution in [3.63, 3.8) is 0 Å². The molecule has 0 N–H and O–H groups in total.